The number of hydrogen-bond acceptors (Lipinski definition) is 7. The SMILES string of the molecule is O=S(=O)(CCn1ccnn1)Cc1ccc(OCc2coc(/C=C/c3ccc(S(F)(F)(F)(F)F)cc3)n2)cc1. The van der Waals surface area contributed by atoms with Gasteiger partial charge in [0.25, 0.3) is 0 Å². The van der Waals surface area contributed by atoms with E-state index in [4.69, 9.17) is 9.15 Å². The molecule has 0 aliphatic rings. The number of nitrogens with zero attached hydrogens (tertiary/aromatic N) is 4. The van der Waals surface area contributed by atoms with E-state index in [1.54, 1.807) is 30.5 Å². The number of aryl methyl sites for hydroxylation is 1. The van der Waals surface area contributed by atoms with Gasteiger partial charge in [-0.3, -0.25) is 4.68 Å². The highest BCUT2D eigenvalue weighted by Gasteiger charge is 2.65. The maximum atomic E-state index is 12.8. The van der Waals surface area contributed by atoms with Crippen LogP contribution in [0.15, 0.2) is 76.5 Å². The van der Waals surface area contributed by atoms with E-state index in [0.717, 1.165) is 12.1 Å². The van der Waals surface area contributed by atoms with Crippen molar-refractivity contribution in [3.8, 4) is 5.75 Å². The second-order valence-corrected chi connectivity index (χ2v) is 12.8. The van der Waals surface area contributed by atoms with Crippen molar-refractivity contribution in [2.24, 2.45) is 0 Å². The first-order valence-corrected chi connectivity index (χ1v) is 14.7. The van der Waals surface area contributed by atoms with Gasteiger partial charge in [0, 0.05) is 12.3 Å². The largest absolute Gasteiger partial charge is 0.487 e. The fourth-order valence-corrected chi connectivity index (χ4v) is 5.18. The van der Waals surface area contributed by atoms with Gasteiger partial charge in [0.05, 0.1) is 24.2 Å². The smallest absolute Gasteiger partial charge is 0.310 e. The molecule has 2 aromatic carbocycles. The first kappa shape index (κ1) is 27.3. The van der Waals surface area contributed by atoms with Gasteiger partial charge in [0.15, 0.2) is 9.84 Å². The number of oxazole rings is 1. The van der Waals surface area contributed by atoms with Gasteiger partial charge in [0.1, 0.15) is 29.2 Å². The maximum Gasteiger partial charge on any atom is 0.310 e. The van der Waals surface area contributed by atoms with E-state index in [1.165, 1.54) is 29.3 Å². The summed E-state index contributed by atoms with van der Waals surface area (Å²) in [7, 11) is -13.1. The molecule has 2 aromatic heterocycles. The molecule has 0 atom stereocenters. The van der Waals surface area contributed by atoms with E-state index in [1.807, 2.05) is 0 Å². The van der Waals surface area contributed by atoms with Gasteiger partial charge in [-0.05, 0) is 41.5 Å². The third-order valence-electron chi connectivity index (χ3n) is 5.11. The van der Waals surface area contributed by atoms with Crippen LogP contribution in [0.5, 0.6) is 5.75 Å². The van der Waals surface area contributed by atoms with E-state index in [-0.39, 0.29) is 36.1 Å². The molecule has 0 amide bonds. The zero-order chi connectivity index (χ0) is 27.5. The molecule has 0 spiro atoms. The standard InChI is InChI=1S/C23H21F5N4O4S2/c24-38(25,26,27,28)22-8-3-18(4-9-22)5-10-23-30-20(16-36-23)15-35-21-6-1-19(2-7-21)17-37(33,34)14-13-32-12-11-29-31-32/h1-12,16H,13-15,17H2/b10-5+. The summed E-state index contributed by atoms with van der Waals surface area (Å²) < 4.78 is 101. The van der Waals surface area contributed by atoms with Crippen LogP contribution >= 0.6 is 10.2 Å². The van der Waals surface area contributed by atoms with Crippen LogP contribution in [0.25, 0.3) is 12.2 Å². The fourth-order valence-electron chi connectivity index (χ4n) is 3.22. The lowest BCUT2D eigenvalue weighted by atomic mass is 10.2. The zero-order valence-electron chi connectivity index (χ0n) is 19.5. The van der Waals surface area contributed by atoms with Crippen molar-refractivity contribution in [2.75, 3.05) is 5.75 Å². The summed E-state index contributed by atoms with van der Waals surface area (Å²) in [5.41, 5.74) is 1.26. The molecule has 15 heteroatoms. The van der Waals surface area contributed by atoms with E-state index in [9.17, 15) is 27.8 Å². The first-order valence-electron chi connectivity index (χ1n) is 10.9. The average Bonchev–Trinajstić information content (AvgIpc) is 3.52. The average molecular weight is 577 g/mol. The van der Waals surface area contributed by atoms with Gasteiger partial charge in [-0.25, -0.2) is 13.4 Å². The van der Waals surface area contributed by atoms with E-state index >= 15 is 0 Å². The third kappa shape index (κ3) is 7.89. The van der Waals surface area contributed by atoms with Gasteiger partial charge in [-0.15, -0.1) is 5.10 Å². The lowest BCUT2D eigenvalue weighted by Crippen LogP contribution is -2.15. The van der Waals surface area contributed by atoms with Crippen LogP contribution in [0.3, 0.4) is 0 Å². The highest BCUT2D eigenvalue weighted by molar-refractivity contribution is 8.45. The molecule has 0 bridgehead atoms. The Kier molecular flexibility index (Phi) is 6.86. The number of hydrogen-bond donors (Lipinski definition) is 0. The minimum absolute atomic E-state index is 0.0332. The molecule has 2 heterocycles. The minimum atomic E-state index is -9.71. The van der Waals surface area contributed by atoms with E-state index in [2.05, 4.69) is 15.3 Å². The molecule has 0 unspecified atom stereocenters. The minimum Gasteiger partial charge on any atom is -0.487 e. The van der Waals surface area contributed by atoms with Crippen LogP contribution in [0, 0.1) is 0 Å². The molecule has 8 nitrogen and oxygen atoms in total. The predicted molar refractivity (Wildman–Crippen MR) is 132 cm³/mol. The number of benzene rings is 2. The summed E-state index contributed by atoms with van der Waals surface area (Å²) in [6.45, 7) is 0.244. The van der Waals surface area contributed by atoms with Gasteiger partial charge in [0.2, 0.25) is 5.89 Å². The Morgan fingerprint density at radius 3 is 2.32 bits per heavy atom. The summed E-state index contributed by atoms with van der Waals surface area (Å²) in [5, 5.41) is 7.37. The summed E-state index contributed by atoms with van der Waals surface area (Å²) in [4.78, 5) is 2.20. The van der Waals surface area contributed by atoms with Crippen LogP contribution in [0.2, 0.25) is 0 Å². The Balaban J connectivity index is 1.28. The molecule has 0 aliphatic heterocycles. The molecule has 0 aliphatic carbocycles. The van der Waals surface area contributed by atoms with E-state index in [0.29, 0.717) is 29.1 Å². The van der Waals surface area contributed by atoms with Crippen molar-refractivity contribution in [3.63, 3.8) is 0 Å². The van der Waals surface area contributed by atoms with Crippen molar-refractivity contribution in [3.05, 3.63) is 89.9 Å². The Labute approximate surface area is 214 Å². The number of ether oxygens (including phenoxy) is 1. The molecular weight excluding hydrogens is 555 g/mol. The summed E-state index contributed by atoms with van der Waals surface area (Å²) in [6.07, 6.45) is 7.12. The number of aromatic nitrogens is 4. The second kappa shape index (κ2) is 9.54. The molecule has 38 heavy (non-hydrogen) atoms. The Morgan fingerprint density at radius 2 is 1.68 bits per heavy atom. The highest BCUT2D eigenvalue weighted by Crippen LogP contribution is 3.02. The van der Waals surface area contributed by atoms with Crippen molar-refractivity contribution >= 4 is 32.2 Å². The Bertz CT molecular complexity index is 1520. The van der Waals surface area contributed by atoms with Crippen molar-refractivity contribution in [1.29, 1.82) is 0 Å². The molecule has 0 N–H and O–H groups in total. The topological polar surface area (TPSA) is 100 Å². The lowest BCUT2D eigenvalue weighted by molar-refractivity contribution is 0.301. The Morgan fingerprint density at radius 1 is 0.974 bits per heavy atom. The lowest BCUT2D eigenvalue weighted by Gasteiger charge is -2.40. The van der Waals surface area contributed by atoms with Gasteiger partial charge in [-0.2, -0.15) is 0 Å². The van der Waals surface area contributed by atoms with Crippen molar-refractivity contribution in [2.45, 2.75) is 23.8 Å². The summed E-state index contributed by atoms with van der Waals surface area (Å²) >= 11 is 0. The van der Waals surface area contributed by atoms with Crippen LogP contribution < -0.4 is 4.74 Å². The number of sulfone groups is 1. The van der Waals surface area contributed by atoms with Gasteiger partial charge < -0.3 is 9.15 Å². The molecule has 0 saturated carbocycles. The van der Waals surface area contributed by atoms with Crippen molar-refractivity contribution in [1.82, 2.24) is 20.0 Å². The normalized spacial score (nSPS) is 14.3. The Hall–Kier alpha value is -3.72. The molecule has 0 fully saturated rings. The quantitative estimate of drug-likeness (QED) is 0.194. The van der Waals surface area contributed by atoms with Crippen LogP contribution in [0.1, 0.15) is 22.7 Å². The highest BCUT2D eigenvalue weighted by atomic mass is 32.5. The van der Waals surface area contributed by atoms with Crippen LogP contribution in [-0.2, 0) is 28.7 Å². The summed E-state index contributed by atoms with van der Waals surface area (Å²) in [6, 6.07) is 9.02. The van der Waals surface area contributed by atoms with Crippen molar-refractivity contribution < 1.29 is 37.0 Å². The van der Waals surface area contributed by atoms with Crippen LogP contribution in [0.4, 0.5) is 19.4 Å². The number of rotatable bonds is 11. The molecule has 0 saturated heterocycles. The molecule has 4 aromatic rings. The second-order valence-electron chi connectivity index (χ2n) is 8.24. The molecule has 4 rings (SSSR count). The first-order chi connectivity index (χ1) is 17.6. The molecule has 0 radical (unpaired) electrons. The van der Waals surface area contributed by atoms with E-state index < -0.39 is 25.0 Å². The van der Waals surface area contributed by atoms with Crippen LogP contribution in [-0.4, -0.2) is 34.1 Å². The maximum absolute atomic E-state index is 12.8. The van der Waals surface area contributed by atoms with Gasteiger partial charge >= 0.3 is 10.2 Å². The predicted octanol–water partition coefficient (Wildman–Crippen LogP) is 6.29. The number of halogens is 5. The fraction of sp³-hybridized carbons (Fsp3) is 0.174. The molecule has 204 valence electrons. The van der Waals surface area contributed by atoms with Gasteiger partial charge in [-0.1, -0.05) is 48.9 Å². The monoisotopic (exact) mass is 576 g/mol. The molecular formula is C23H21F5N4O4S2. The zero-order valence-corrected chi connectivity index (χ0v) is 21.1. The third-order valence-corrected chi connectivity index (χ3v) is 7.85. The summed E-state index contributed by atoms with van der Waals surface area (Å²) in [5.74, 6) is 0.390.